The summed E-state index contributed by atoms with van der Waals surface area (Å²) in [6, 6.07) is 0. The summed E-state index contributed by atoms with van der Waals surface area (Å²) in [4.78, 5) is 12.7. The summed E-state index contributed by atoms with van der Waals surface area (Å²) >= 11 is 0. The van der Waals surface area contributed by atoms with E-state index in [1.54, 1.807) is 5.57 Å². The first-order valence-electron chi connectivity index (χ1n) is 9.79. The third kappa shape index (κ3) is 2.12. The highest BCUT2D eigenvalue weighted by molar-refractivity contribution is 5.89. The lowest BCUT2D eigenvalue weighted by Gasteiger charge is -2.57. The Balaban J connectivity index is 1.68. The molecule has 7 atom stereocenters. The molecular weight excluding hydrogens is 306 g/mol. The van der Waals surface area contributed by atoms with Crippen LogP contribution >= 0.6 is 0 Å². The Morgan fingerprint density at radius 3 is 2.54 bits per heavy atom. The van der Waals surface area contributed by atoms with E-state index in [4.69, 9.17) is 0 Å². The van der Waals surface area contributed by atoms with Crippen LogP contribution in [0.2, 0.25) is 0 Å². The van der Waals surface area contributed by atoms with E-state index in [9.17, 15) is 13.6 Å². The van der Waals surface area contributed by atoms with Gasteiger partial charge in [-0.25, -0.2) is 8.78 Å². The van der Waals surface area contributed by atoms with Gasteiger partial charge in [0, 0.05) is 5.41 Å². The molecule has 0 heterocycles. The zero-order valence-corrected chi connectivity index (χ0v) is 15.2. The Morgan fingerprint density at radius 1 is 1.12 bits per heavy atom. The Kier molecular flexibility index (Phi) is 3.75. The Labute approximate surface area is 144 Å². The second kappa shape index (κ2) is 5.38. The molecule has 1 nitrogen and oxygen atoms in total. The molecule has 24 heavy (non-hydrogen) atoms. The summed E-state index contributed by atoms with van der Waals surface area (Å²) in [6.45, 7) is 6.75. The average Bonchev–Trinajstić information content (AvgIpc) is 2.80. The molecule has 0 saturated heterocycles. The zero-order chi connectivity index (χ0) is 17.3. The van der Waals surface area contributed by atoms with E-state index < -0.39 is 17.8 Å². The van der Waals surface area contributed by atoms with Gasteiger partial charge in [0.15, 0.2) is 0 Å². The lowest BCUT2D eigenvalue weighted by Crippen LogP contribution is -2.50. The van der Waals surface area contributed by atoms with Crippen LogP contribution in [0, 0.1) is 40.4 Å². The summed E-state index contributed by atoms with van der Waals surface area (Å²) in [5.74, 6) is 0.801. The third-order valence-corrected chi connectivity index (χ3v) is 8.45. The van der Waals surface area contributed by atoms with Gasteiger partial charge in [-0.05, 0) is 74.0 Å². The van der Waals surface area contributed by atoms with Gasteiger partial charge in [-0.15, -0.1) is 0 Å². The van der Waals surface area contributed by atoms with E-state index >= 15 is 0 Å². The molecule has 3 fully saturated rings. The molecule has 4 aliphatic carbocycles. The summed E-state index contributed by atoms with van der Waals surface area (Å²) in [7, 11) is 0. The number of hydrogen-bond donors (Lipinski definition) is 0. The van der Waals surface area contributed by atoms with Crippen molar-refractivity contribution in [3.63, 3.8) is 0 Å². The minimum Gasteiger partial charge on any atom is -0.299 e. The largest absolute Gasteiger partial charge is 0.299 e. The molecule has 0 spiro atoms. The first kappa shape index (κ1) is 16.7. The maximum Gasteiger partial charge on any atom is 0.248 e. The predicted molar refractivity (Wildman–Crippen MR) is 90.8 cm³/mol. The first-order chi connectivity index (χ1) is 11.3. The predicted octanol–water partition coefficient (Wildman–Crippen LogP) is 5.65. The molecule has 4 rings (SSSR count). The van der Waals surface area contributed by atoms with Crippen molar-refractivity contribution in [2.45, 2.75) is 72.1 Å². The van der Waals surface area contributed by atoms with Gasteiger partial charge in [-0.1, -0.05) is 32.4 Å². The highest BCUT2D eigenvalue weighted by Gasteiger charge is 2.62. The lowest BCUT2D eigenvalue weighted by atomic mass is 9.47. The van der Waals surface area contributed by atoms with Gasteiger partial charge in [-0.2, -0.15) is 0 Å². The molecule has 0 aromatic rings. The summed E-state index contributed by atoms with van der Waals surface area (Å²) < 4.78 is 26.8. The van der Waals surface area contributed by atoms with Crippen LogP contribution in [0.1, 0.15) is 65.7 Å². The van der Waals surface area contributed by atoms with Crippen LogP contribution in [0.15, 0.2) is 11.6 Å². The number of carbonyl (C=O) groups excluding carboxylic acids is 1. The summed E-state index contributed by atoms with van der Waals surface area (Å²) in [5, 5.41) is 0. The van der Waals surface area contributed by atoms with E-state index in [1.807, 2.05) is 6.92 Å². The van der Waals surface area contributed by atoms with E-state index in [1.165, 1.54) is 19.3 Å². The Morgan fingerprint density at radius 2 is 1.83 bits per heavy atom. The van der Waals surface area contributed by atoms with Gasteiger partial charge >= 0.3 is 0 Å². The van der Waals surface area contributed by atoms with Gasteiger partial charge in [0.2, 0.25) is 6.43 Å². The number of halogens is 2. The van der Waals surface area contributed by atoms with E-state index in [0.29, 0.717) is 18.3 Å². The fourth-order valence-electron chi connectivity index (χ4n) is 6.93. The van der Waals surface area contributed by atoms with Crippen molar-refractivity contribution in [1.82, 2.24) is 0 Å². The minimum atomic E-state index is -2.49. The number of rotatable bonds is 1. The van der Waals surface area contributed by atoms with Gasteiger partial charge in [-0.3, -0.25) is 4.79 Å². The Bertz CT molecular complexity index is 582. The summed E-state index contributed by atoms with van der Waals surface area (Å²) in [6.07, 6.45) is 6.95. The van der Waals surface area contributed by atoms with Crippen molar-refractivity contribution in [3.8, 4) is 0 Å². The first-order valence-corrected chi connectivity index (χ1v) is 9.79. The molecular formula is C21H30F2O. The Hall–Kier alpha value is -0.730. The third-order valence-electron chi connectivity index (χ3n) is 8.45. The molecule has 0 aliphatic heterocycles. The molecule has 3 saturated carbocycles. The smallest absolute Gasteiger partial charge is 0.248 e. The molecule has 4 aliphatic rings. The van der Waals surface area contributed by atoms with Gasteiger partial charge in [0.25, 0.3) is 0 Å². The molecule has 0 bridgehead atoms. The van der Waals surface area contributed by atoms with Crippen molar-refractivity contribution in [3.05, 3.63) is 11.6 Å². The van der Waals surface area contributed by atoms with E-state index in [0.717, 1.165) is 25.2 Å². The number of Topliss-reactive ketones (excluding diaryl/α,β-unsaturated/α-hetero) is 1. The van der Waals surface area contributed by atoms with E-state index in [-0.39, 0.29) is 17.1 Å². The van der Waals surface area contributed by atoms with Crippen molar-refractivity contribution < 1.29 is 13.6 Å². The molecule has 0 aromatic carbocycles. The molecule has 3 heteroatoms. The number of alkyl halides is 2. The van der Waals surface area contributed by atoms with Crippen LogP contribution < -0.4 is 0 Å². The van der Waals surface area contributed by atoms with Crippen LogP contribution in [0.5, 0.6) is 0 Å². The molecule has 0 N–H and O–H groups in total. The van der Waals surface area contributed by atoms with Crippen LogP contribution in [0.3, 0.4) is 0 Å². The fourth-order valence-corrected chi connectivity index (χ4v) is 6.93. The second-order valence-electron chi connectivity index (χ2n) is 9.60. The van der Waals surface area contributed by atoms with Crippen molar-refractivity contribution in [2.75, 3.05) is 0 Å². The zero-order valence-electron chi connectivity index (χ0n) is 15.2. The number of carbonyl (C=O) groups is 1. The van der Waals surface area contributed by atoms with E-state index in [2.05, 4.69) is 19.9 Å². The summed E-state index contributed by atoms with van der Waals surface area (Å²) in [5.41, 5.74) is 1.38. The molecule has 134 valence electrons. The minimum absolute atomic E-state index is 0.141. The monoisotopic (exact) mass is 336 g/mol. The van der Waals surface area contributed by atoms with Gasteiger partial charge in [0.05, 0.1) is 5.92 Å². The van der Waals surface area contributed by atoms with Crippen LogP contribution in [-0.4, -0.2) is 12.2 Å². The maximum atomic E-state index is 13.4. The SMILES string of the molecule is C[C@H]1CC[C@@]2(C)C(=CC[C@@H]3[C@@H]2CC[C@]2(C)C(=O)C(C(F)F)C[C@@H]32)C1. The number of ketones is 1. The topological polar surface area (TPSA) is 17.1 Å². The van der Waals surface area contributed by atoms with Crippen molar-refractivity contribution in [2.24, 2.45) is 40.4 Å². The highest BCUT2D eigenvalue weighted by Crippen LogP contribution is 2.65. The van der Waals surface area contributed by atoms with Crippen LogP contribution in [-0.2, 0) is 4.79 Å². The molecule has 0 radical (unpaired) electrons. The maximum absolute atomic E-state index is 13.4. The van der Waals surface area contributed by atoms with Crippen LogP contribution in [0.4, 0.5) is 8.78 Å². The normalized spacial score (nSPS) is 51.0. The van der Waals surface area contributed by atoms with Crippen LogP contribution in [0.25, 0.3) is 0 Å². The fraction of sp³-hybridized carbons (Fsp3) is 0.857. The average molecular weight is 336 g/mol. The van der Waals surface area contributed by atoms with Gasteiger partial charge in [0.1, 0.15) is 5.78 Å². The van der Waals surface area contributed by atoms with Gasteiger partial charge < -0.3 is 0 Å². The number of hydrogen-bond acceptors (Lipinski definition) is 1. The molecule has 0 amide bonds. The van der Waals surface area contributed by atoms with Crippen molar-refractivity contribution in [1.29, 1.82) is 0 Å². The highest BCUT2D eigenvalue weighted by atomic mass is 19.3. The number of fused-ring (bicyclic) bond motifs is 5. The second-order valence-corrected chi connectivity index (χ2v) is 9.60. The standard InChI is InChI=1S/C21H30F2O/c1-12-6-8-20(2)13(10-12)4-5-14-16(20)7-9-21(3)17(14)11-15(18(21)24)19(22)23/h4,12,14-17,19H,5-11H2,1-3H3/t12-,14+,15?,16-,17-,20-,21-/m0/s1. The van der Waals surface area contributed by atoms with Crippen molar-refractivity contribution >= 4 is 5.78 Å². The molecule has 1 unspecified atom stereocenters. The number of allylic oxidation sites excluding steroid dienone is 2. The quantitative estimate of drug-likeness (QED) is 0.566. The lowest BCUT2D eigenvalue weighted by molar-refractivity contribution is -0.136. The molecule has 0 aromatic heterocycles.